The zero-order chi connectivity index (χ0) is 12.7. The maximum absolute atomic E-state index is 12.8. The van der Waals surface area contributed by atoms with Gasteiger partial charge in [0.05, 0.1) is 23.8 Å². The molecule has 17 heavy (non-hydrogen) atoms. The summed E-state index contributed by atoms with van der Waals surface area (Å²) in [6.07, 6.45) is 0. The lowest BCUT2D eigenvalue weighted by molar-refractivity contribution is 0.0924. The predicted molar refractivity (Wildman–Crippen MR) is 68.4 cm³/mol. The minimum Gasteiger partial charge on any atom is -0.379 e. The summed E-state index contributed by atoms with van der Waals surface area (Å²) in [5.74, 6) is -0.801. The molecule has 0 aliphatic heterocycles. The van der Waals surface area contributed by atoms with Crippen molar-refractivity contribution in [3.8, 4) is 0 Å². The van der Waals surface area contributed by atoms with Crippen LogP contribution in [-0.2, 0) is 4.74 Å². The zero-order valence-electron chi connectivity index (χ0n) is 9.01. The van der Waals surface area contributed by atoms with E-state index in [1.54, 1.807) is 0 Å². The van der Waals surface area contributed by atoms with Gasteiger partial charge in [-0.2, -0.15) is 0 Å². The van der Waals surface area contributed by atoms with Crippen LogP contribution in [0.1, 0.15) is 10.4 Å². The molecule has 0 aliphatic rings. The number of amides is 1. The van der Waals surface area contributed by atoms with Crippen LogP contribution in [0.2, 0.25) is 5.02 Å². The average molecular weight is 325 g/mol. The molecular formula is C11H12BrClFNO2. The number of carbonyl (C=O) groups excluding carboxylic acids is 1. The molecule has 94 valence electrons. The highest BCUT2D eigenvalue weighted by Gasteiger charge is 2.10. The van der Waals surface area contributed by atoms with Gasteiger partial charge < -0.3 is 10.1 Å². The molecule has 0 heterocycles. The van der Waals surface area contributed by atoms with Gasteiger partial charge in [-0.05, 0) is 18.2 Å². The van der Waals surface area contributed by atoms with Crippen LogP contribution in [0.15, 0.2) is 18.2 Å². The molecule has 0 saturated heterocycles. The Morgan fingerprint density at radius 1 is 1.47 bits per heavy atom. The Morgan fingerprint density at radius 3 is 2.88 bits per heavy atom. The van der Waals surface area contributed by atoms with Gasteiger partial charge in [-0.25, -0.2) is 4.39 Å². The number of rotatable bonds is 6. The van der Waals surface area contributed by atoms with Crippen LogP contribution >= 0.6 is 27.5 Å². The third kappa shape index (κ3) is 5.02. The van der Waals surface area contributed by atoms with Gasteiger partial charge in [0.25, 0.3) is 5.91 Å². The molecule has 0 aromatic heterocycles. The van der Waals surface area contributed by atoms with Gasteiger partial charge in [0, 0.05) is 11.9 Å². The van der Waals surface area contributed by atoms with Crippen molar-refractivity contribution in [2.75, 3.05) is 25.1 Å². The zero-order valence-corrected chi connectivity index (χ0v) is 11.4. The third-order valence-electron chi connectivity index (χ3n) is 1.93. The molecule has 1 rings (SSSR count). The van der Waals surface area contributed by atoms with Crippen LogP contribution in [-0.4, -0.2) is 31.0 Å². The number of ether oxygens (including phenoxy) is 1. The number of hydrogen-bond donors (Lipinski definition) is 1. The standard InChI is InChI=1S/C11H12BrClFNO2/c12-3-5-17-6-4-15-11(16)9-2-1-8(14)7-10(9)13/h1-2,7H,3-6H2,(H,15,16). The second kappa shape index (κ2) is 7.63. The summed E-state index contributed by atoms with van der Waals surface area (Å²) in [6, 6.07) is 3.66. The van der Waals surface area contributed by atoms with Gasteiger partial charge >= 0.3 is 0 Å². The number of alkyl halides is 1. The molecule has 0 fully saturated rings. The number of hydrogen-bond acceptors (Lipinski definition) is 2. The molecule has 1 aromatic rings. The molecule has 3 nitrogen and oxygen atoms in total. The van der Waals surface area contributed by atoms with Crippen LogP contribution in [0, 0.1) is 5.82 Å². The molecule has 0 bridgehead atoms. The fourth-order valence-electron chi connectivity index (χ4n) is 1.16. The van der Waals surface area contributed by atoms with E-state index in [1.807, 2.05) is 0 Å². The first-order chi connectivity index (χ1) is 8.15. The smallest absolute Gasteiger partial charge is 0.252 e. The molecule has 0 spiro atoms. The van der Waals surface area contributed by atoms with E-state index in [0.29, 0.717) is 19.8 Å². The molecule has 1 aromatic carbocycles. The van der Waals surface area contributed by atoms with Gasteiger partial charge in [0.2, 0.25) is 0 Å². The van der Waals surface area contributed by atoms with Crippen molar-refractivity contribution in [3.05, 3.63) is 34.6 Å². The SMILES string of the molecule is O=C(NCCOCCBr)c1ccc(F)cc1Cl. The predicted octanol–water partition coefficient (Wildman–Crippen LogP) is 2.62. The van der Waals surface area contributed by atoms with Crippen molar-refractivity contribution in [1.29, 1.82) is 0 Å². The van der Waals surface area contributed by atoms with Crippen molar-refractivity contribution in [1.82, 2.24) is 5.32 Å². The Labute approximate surface area is 112 Å². The lowest BCUT2D eigenvalue weighted by Crippen LogP contribution is -2.27. The monoisotopic (exact) mass is 323 g/mol. The Kier molecular flexibility index (Phi) is 6.47. The Bertz CT molecular complexity index is 390. The first kappa shape index (κ1) is 14.4. The van der Waals surface area contributed by atoms with Crippen LogP contribution in [0.4, 0.5) is 4.39 Å². The van der Waals surface area contributed by atoms with Crippen molar-refractivity contribution in [2.24, 2.45) is 0 Å². The molecule has 1 N–H and O–H groups in total. The average Bonchev–Trinajstić information content (AvgIpc) is 2.28. The van der Waals surface area contributed by atoms with E-state index in [9.17, 15) is 9.18 Å². The first-order valence-corrected chi connectivity index (χ1v) is 6.52. The fraction of sp³-hybridized carbons (Fsp3) is 0.364. The summed E-state index contributed by atoms with van der Waals surface area (Å²) >= 11 is 8.97. The van der Waals surface area contributed by atoms with Crippen LogP contribution in [0.25, 0.3) is 0 Å². The van der Waals surface area contributed by atoms with Crippen molar-refractivity contribution in [2.45, 2.75) is 0 Å². The Balaban J connectivity index is 2.42. The lowest BCUT2D eigenvalue weighted by Gasteiger charge is -2.07. The molecular weight excluding hydrogens is 312 g/mol. The van der Waals surface area contributed by atoms with Gasteiger partial charge in [0.15, 0.2) is 0 Å². The molecule has 0 unspecified atom stereocenters. The van der Waals surface area contributed by atoms with Gasteiger partial charge in [0.1, 0.15) is 5.82 Å². The van der Waals surface area contributed by atoms with Crippen LogP contribution in [0.5, 0.6) is 0 Å². The van der Waals surface area contributed by atoms with E-state index >= 15 is 0 Å². The first-order valence-electron chi connectivity index (χ1n) is 5.02. The highest BCUT2D eigenvalue weighted by Crippen LogP contribution is 2.16. The van der Waals surface area contributed by atoms with Crippen LogP contribution < -0.4 is 5.32 Å². The number of benzene rings is 1. The van der Waals surface area contributed by atoms with Crippen molar-refractivity contribution < 1.29 is 13.9 Å². The second-order valence-corrected chi connectivity index (χ2v) is 4.38. The topological polar surface area (TPSA) is 38.3 Å². The van der Waals surface area contributed by atoms with E-state index in [2.05, 4.69) is 21.2 Å². The molecule has 1 amide bonds. The van der Waals surface area contributed by atoms with E-state index in [-0.39, 0.29) is 16.5 Å². The van der Waals surface area contributed by atoms with Gasteiger partial charge in [-0.3, -0.25) is 4.79 Å². The Hall–Kier alpha value is -0.650. The third-order valence-corrected chi connectivity index (χ3v) is 2.57. The van der Waals surface area contributed by atoms with E-state index < -0.39 is 5.82 Å². The normalized spacial score (nSPS) is 10.3. The number of halogens is 3. The molecule has 0 aliphatic carbocycles. The summed E-state index contributed by atoms with van der Waals surface area (Å²) in [5, 5.41) is 3.49. The van der Waals surface area contributed by atoms with Gasteiger partial charge in [-0.15, -0.1) is 0 Å². The highest BCUT2D eigenvalue weighted by atomic mass is 79.9. The van der Waals surface area contributed by atoms with E-state index in [4.69, 9.17) is 16.3 Å². The molecule has 0 saturated carbocycles. The van der Waals surface area contributed by atoms with Crippen LogP contribution in [0.3, 0.4) is 0 Å². The second-order valence-electron chi connectivity index (χ2n) is 3.18. The van der Waals surface area contributed by atoms with E-state index in [0.717, 1.165) is 11.4 Å². The maximum atomic E-state index is 12.8. The summed E-state index contributed by atoms with van der Waals surface area (Å²) in [4.78, 5) is 11.6. The molecule has 0 atom stereocenters. The number of nitrogens with one attached hydrogen (secondary N) is 1. The quantitative estimate of drug-likeness (QED) is 0.645. The summed E-state index contributed by atoms with van der Waals surface area (Å²) in [7, 11) is 0. The summed E-state index contributed by atoms with van der Waals surface area (Å²) in [6.45, 7) is 1.41. The minimum absolute atomic E-state index is 0.101. The lowest BCUT2D eigenvalue weighted by atomic mass is 10.2. The highest BCUT2D eigenvalue weighted by molar-refractivity contribution is 9.09. The molecule has 0 radical (unpaired) electrons. The summed E-state index contributed by atoms with van der Waals surface area (Å²) < 4.78 is 17.9. The van der Waals surface area contributed by atoms with Crippen molar-refractivity contribution in [3.63, 3.8) is 0 Å². The van der Waals surface area contributed by atoms with Crippen molar-refractivity contribution >= 4 is 33.4 Å². The Morgan fingerprint density at radius 2 is 2.24 bits per heavy atom. The minimum atomic E-state index is -0.466. The largest absolute Gasteiger partial charge is 0.379 e. The molecule has 6 heteroatoms. The van der Waals surface area contributed by atoms with E-state index in [1.165, 1.54) is 12.1 Å². The fourth-order valence-corrected chi connectivity index (χ4v) is 1.64. The maximum Gasteiger partial charge on any atom is 0.252 e. The van der Waals surface area contributed by atoms with Gasteiger partial charge in [-0.1, -0.05) is 27.5 Å². The summed E-state index contributed by atoms with van der Waals surface area (Å²) in [5.41, 5.74) is 0.258. The number of carbonyl (C=O) groups is 1.